The van der Waals surface area contributed by atoms with Crippen LogP contribution in [0.1, 0.15) is 202 Å². The molecule has 0 amide bonds. The molecule has 0 spiro atoms. The molecule has 0 atom stereocenters. The Morgan fingerprint density at radius 3 is 0.937 bits per heavy atom. The number of nitrogens with two attached hydrogens (primary N) is 1. The Morgan fingerprint density at radius 2 is 0.718 bits per heavy atom. The molecule has 3 aliphatic rings. The van der Waals surface area contributed by atoms with Gasteiger partial charge in [0, 0.05) is 75.4 Å². The average molecular weight is 2260 g/mol. The number of ketones is 9. The second kappa shape index (κ2) is 69.3. The van der Waals surface area contributed by atoms with Gasteiger partial charge in [-0.25, -0.2) is 23.4 Å². The second-order valence-corrected chi connectivity index (χ2v) is 35.4. The van der Waals surface area contributed by atoms with Crippen molar-refractivity contribution in [3.05, 3.63) is 275 Å². The van der Waals surface area contributed by atoms with E-state index in [0.29, 0.717) is 102 Å². The maximum atomic E-state index is 12.5. The molecule has 5 aromatic heterocycles. The van der Waals surface area contributed by atoms with Crippen molar-refractivity contribution in [2.75, 3.05) is 105 Å². The number of carbonyl (C=O) groups excluding carboxylic acids is 10. The number of ether oxygens (including phenoxy) is 2. The van der Waals surface area contributed by atoms with Crippen molar-refractivity contribution < 1.29 is 136 Å². The van der Waals surface area contributed by atoms with Crippen LogP contribution >= 0.6 is 85.5 Å². The molecular formula is C103H135BrCl6CsN17O14. The number of halogens is 7. The summed E-state index contributed by atoms with van der Waals surface area (Å²) in [5.74, 6) is 5.09. The molecule has 14 rings (SSSR count). The summed E-state index contributed by atoms with van der Waals surface area (Å²) in [6.45, 7) is 27.3. The topological polar surface area (TPSA) is 365 Å². The molecule has 3 fully saturated rings. The smallest absolute Gasteiger partial charge is 0.662 e. The van der Waals surface area contributed by atoms with Crippen molar-refractivity contribution in [1.29, 1.82) is 0 Å². The number of alkyl halides is 1. The molecule has 0 unspecified atom stereocenters. The maximum absolute atomic E-state index is 12.5. The van der Waals surface area contributed by atoms with Crippen LogP contribution in [0.4, 0.5) is 5.69 Å². The zero-order chi connectivity index (χ0) is 102. The number of nitrogens with zero attached hydrogens (tertiary/aromatic N) is 15. The number of anilines is 1. The van der Waals surface area contributed by atoms with E-state index >= 15 is 0 Å². The van der Waals surface area contributed by atoms with Gasteiger partial charge in [0.25, 0.3) is 6.47 Å². The Morgan fingerprint density at radius 1 is 0.451 bits per heavy atom. The molecule has 2 aliphatic heterocycles. The van der Waals surface area contributed by atoms with Crippen LogP contribution in [0.5, 0.6) is 0 Å². The Bertz CT molecular complexity index is 5610. The molecule has 142 heavy (non-hydrogen) atoms. The van der Waals surface area contributed by atoms with E-state index in [1.54, 1.807) is 110 Å². The number of nitrogen functional groups attached to an aromatic ring is 1. The van der Waals surface area contributed by atoms with Gasteiger partial charge in [0.1, 0.15) is 11.6 Å². The van der Waals surface area contributed by atoms with Gasteiger partial charge in [0.15, 0.2) is 40.5 Å². The van der Waals surface area contributed by atoms with Gasteiger partial charge < -0.3 is 29.9 Å². The minimum absolute atomic E-state index is 0. The average Bonchev–Trinajstić information content (AvgIpc) is 1.72. The monoisotopic (exact) mass is 2260 g/mol. The number of hydrogen-bond donors (Lipinski definition) is 2. The predicted octanol–water partition coefficient (Wildman–Crippen LogP) is 17.2. The number of rotatable bonds is 30. The summed E-state index contributed by atoms with van der Waals surface area (Å²) in [7, 11) is 9.40. The number of aromatic nitrogens is 10. The van der Waals surface area contributed by atoms with Crippen molar-refractivity contribution in [3.63, 3.8) is 0 Å². The summed E-state index contributed by atoms with van der Waals surface area (Å²) in [6, 6.07) is 44.7. The Balaban J connectivity index is 0.000000808. The molecule has 2 saturated heterocycles. The van der Waals surface area contributed by atoms with Crippen LogP contribution in [0.25, 0.3) is 28.4 Å². The number of Topliss-reactive ketones (excluding diaryl/α,β-unsaturated/α-hetero) is 9. The van der Waals surface area contributed by atoms with Crippen molar-refractivity contribution in [2.24, 2.45) is 5.84 Å². The van der Waals surface area contributed by atoms with Crippen LogP contribution in [0.3, 0.4) is 0 Å². The molecule has 0 bridgehead atoms. The molecule has 1 aliphatic carbocycles. The third-order valence-electron chi connectivity index (χ3n) is 20.8. The summed E-state index contributed by atoms with van der Waals surface area (Å²) in [6.07, 6.45) is 18.1. The Kier molecular flexibility index (Phi) is 64.0. The van der Waals surface area contributed by atoms with E-state index in [2.05, 4.69) is 66.4 Å². The Hall–Kier alpha value is -8.84. The molecule has 1 saturated carbocycles. The summed E-state index contributed by atoms with van der Waals surface area (Å²) < 4.78 is 19.3. The third kappa shape index (κ3) is 45.4. The molecule has 6 aromatic carbocycles. The van der Waals surface area contributed by atoms with Crippen LogP contribution in [-0.2, 0) is 38.3 Å². The standard InChI is InChI=1S/C17H20ClN3O.2C16H18ClN3O.C12H10BrClN2O.C12H11ClN2O.C8H13NO2.C7H17NO2.C6H7ClN2.C5H8O2.CH2O3.3CH4.Cs/c1-13-16(17(22)12-20-9-3-2-4-10-20)11-19-21(13)15-7-5-14(18)6-8-15;1-11-15(16(21)10-19(2)13-7-8-13)9-18-20(11)14-5-3-12(17)4-6-14;1-12-15(16(21)11-19-8-2-3-9-19)10-18-20(12)14-6-4-13(17)5-7-14;1-8-11(12(17)6-13)7-15-16(8)10-4-2-9(14)3-5-10;1-8-12(9(2)16)7-14-15(8)11-5-3-10(13)4-6-11;1-6(10)8(7(2)11)5-9(3)4;1-5-9-7(8(3)4)10-6-2;7-5-1-3-6(9-8)4-2-5;1-4(6)3-5(2)7;2-1-4-3;;;;/h5-8,11H,2-4,9-10,12H2,1H3;3-6,9,13H,7-8,10H2,1-2H3;4-7,10H,2-3,8-9,11H2,1H3;2-5,7H,6H2,1H3;3-7H,1-2H3;5H,1-4H3;7H,5-6H2,1-4H3;1-4,9H,8H2;3H2,1-2H3;1,3H;3*1H4;/q;;;;;;;;;;;;;+1/p-1. The van der Waals surface area contributed by atoms with Gasteiger partial charge in [-0.2, -0.15) is 25.5 Å². The van der Waals surface area contributed by atoms with Gasteiger partial charge in [0.05, 0.1) is 153 Å². The van der Waals surface area contributed by atoms with Gasteiger partial charge >= 0.3 is 68.9 Å². The molecular weight excluding hydrogens is 2120 g/mol. The fraction of sp³-hybridized carbons (Fsp3) is 0.388. The van der Waals surface area contributed by atoms with E-state index in [4.69, 9.17) is 95.0 Å². The first kappa shape index (κ1) is 131. The number of benzene rings is 6. The minimum atomic E-state index is -0.189. The van der Waals surface area contributed by atoms with Crippen LogP contribution in [-0.4, -0.2) is 244 Å². The van der Waals surface area contributed by atoms with Crippen molar-refractivity contribution in [3.8, 4) is 28.4 Å². The zero-order valence-corrected chi connectivity index (χ0v) is 94.3. The van der Waals surface area contributed by atoms with Crippen LogP contribution < -0.4 is 85.4 Å². The van der Waals surface area contributed by atoms with Crippen molar-refractivity contribution >= 4 is 150 Å². The van der Waals surface area contributed by atoms with Crippen LogP contribution in [0.2, 0.25) is 30.1 Å². The van der Waals surface area contributed by atoms with E-state index < -0.39 is 0 Å². The van der Waals surface area contributed by atoms with Gasteiger partial charge in [-0.1, -0.05) is 114 Å². The van der Waals surface area contributed by atoms with Crippen LogP contribution in [0, 0.1) is 34.6 Å². The Labute approximate surface area is 933 Å². The zero-order valence-electron chi connectivity index (χ0n) is 81.9. The third-order valence-corrected chi connectivity index (χ3v) is 22.8. The first-order valence-electron chi connectivity index (χ1n) is 44.2. The van der Waals surface area contributed by atoms with Gasteiger partial charge in [-0.15, -0.1) is 0 Å². The maximum Gasteiger partial charge on any atom is 1.00 e. The number of piperidine rings is 1. The second-order valence-electron chi connectivity index (χ2n) is 32.2. The molecule has 39 heteroatoms. The minimum Gasteiger partial charge on any atom is -0.662 e. The van der Waals surface area contributed by atoms with E-state index in [1.807, 2.05) is 184 Å². The summed E-state index contributed by atoms with van der Waals surface area (Å²) >= 11 is 38.1. The van der Waals surface area contributed by atoms with E-state index in [-0.39, 0.29) is 168 Å². The molecule has 0 radical (unpaired) electrons. The number of carbonyl (C=O) groups is 10. The number of likely N-dealkylation sites (tertiary alicyclic amines) is 2. The van der Waals surface area contributed by atoms with Gasteiger partial charge in [-0.05, 0) is 315 Å². The number of hydrogen-bond acceptors (Lipinski definition) is 26. The first-order chi connectivity index (χ1) is 65.6. The first-order valence-corrected chi connectivity index (χ1v) is 47.6. The van der Waals surface area contributed by atoms with Gasteiger partial charge in [-0.3, -0.25) is 73.4 Å². The van der Waals surface area contributed by atoms with E-state index in [9.17, 15) is 43.2 Å². The van der Waals surface area contributed by atoms with Crippen molar-refractivity contribution in [1.82, 2.24) is 73.4 Å². The molecule has 11 aromatic rings. The molecule has 7 heterocycles. The van der Waals surface area contributed by atoms with Crippen LogP contribution in [0.15, 0.2) is 188 Å². The van der Waals surface area contributed by atoms with Crippen molar-refractivity contribution in [2.45, 2.75) is 169 Å². The number of hydrazine groups is 1. The fourth-order valence-corrected chi connectivity index (χ4v) is 14.6. The number of allylic oxidation sites excluding steroid dienone is 1. The molecule has 31 nitrogen and oxygen atoms in total. The summed E-state index contributed by atoms with van der Waals surface area (Å²) in [5, 5.41) is 34.3. The molecule has 3 N–H and O–H groups in total. The fourth-order valence-electron chi connectivity index (χ4n) is 13.6. The summed E-state index contributed by atoms with van der Waals surface area (Å²) in [5.41, 5.74) is 15.8. The number of nitrogens with one attached hydrogen (secondary N) is 1. The van der Waals surface area contributed by atoms with E-state index in [1.165, 1.54) is 85.8 Å². The van der Waals surface area contributed by atoms with E-state index in [0.717, 1.165) is 88.8 Å². The van der Waals surface area contributed by atoms with Gasteiger partial charge in [0.2, 0.25) is 6.41 Å². The normalized spacial score (nSPS) is 12.0. The predicted molar refractivity (Wildman–Crippen MR) is 566 cm³/mol. The summed E-state index contributed by atoms with van der Waals surface area (Å²) in [4.78, 5) is 123. The molecule has 766 valence electrons. The largest absolute Gasteiger partial charge is 1.00 e. The quantitative estimate of drug-likeness (QED) is 0.00403. The SMILES string of the molecule is C.C.C.CC(=O)C(=CN(C)C)C(C)=O.CC(=O)CC(C)=O.CC(=O)c1cnn(-c2ccc(Cl)cc2)c1C.CCOC(OCC)N(C)C.Cc1c(C(=O)CBr)cnn1-c1ccc(Cl)cc1.Cc1c(C(=O)CN(C)C2CC2)cnn1-c1ccc(Cl)cc1.Cc1c(C(=O)CN2CCCC2)cnn1-c1ccc(Cl)cc1.Cc1c(C(=O)CN2CCCCC2)cnn1-c1ccc(Cl)cc1.NNc1ccc(Cl)cc1.O=CO[O-].[Cs+]. The number of likely N-dealkylation sites (N-methyl/N-ethyl adjacent to an activating group) is 1.